The Balaban J connectivity index is 2.62. The average molecular weight is 139 g/mol. The van der Waals surface area contributed by atoms with Crippen LogP contribution in [0, 0.1) is 5.41 Å². The summed E-state index contributed by atoms with van der Waals surface area (Å²) in [6.07, 6.45) is 5.92. The van der Waals surface area contributed by atoms with Crippen molar-refractivity contribution in [1.29, 1.82) is 0 Å². The number of hydrazine groups is 1. The van der Waals surface area contributed by atoms with E-state index >= 15 is 0 Å². The van der Waals surface area contributed by atoms with E-state index in [1.54, 1.807) is 5.12 Å². The van der Waals surface area contributed by atoms with Gasteiger partial charge in [0.05, 0.1) is 0 Å². The van der Waals surface area contributed by atoms with Gasteiger partial charge in [0.2, 0.25) is 0 Å². The molecular weight excluding hydrogens is 126 g/mol. The highest BCUT2D eigenvalue weighted by molar-refractivity contribution is 5.68. The maximum atomic E-state index is 4.11. The van der Waals surface area contributed by atoms with Gasteiger partial charge in [-0.05, 0) is 0 Å². The Labute approximate surface area is 61.4 Å². The van der Waals surface area contributed by atoms with Crippen molar-refractivity contribution in [3.63, 3.8) is 0 Å². The molecule has 0 aromatic rings. The van der Waals surface area contributed by atoms with Crippen LogP contribution in [-0.4, -0.2) is 18.4 Å². The number of nitrogens with one attached hydrogen (secondary N) is 1. The van der Waals surface area contributed by atoms with E-state index in [2.05, 4.69) is 30.5 Å². The molecule has 56 valence electrons. The van der Waals surface area contributed by atoms with E-state index in [4.69, 9.17) is 0 Å². The third kappa shape index (κ3) is 1.57. The predicted molar refractivity (Wildman–Crippen MR) is 42.3 cm³/mol. The lowest BCUT2D eigenvalue weighted by molar-refractivity contribution is 0.302. The number of hydrogen-bond donors (Lipinski definition) is 1. The Bertz CT molecular complexity index is 154. The van der Waals surface area contributed by atoms with Gasteiger partial charge < -0.3 is 0 Å². The molecule has 1 rings (SSSR count). The molecule has 0 aromatic carbocycles. The SMILES string of the molecule is CNN1C=CC(C)(C)C=N1. The van der Waals surface area contributed by atoms with Crippen LogP contribution in [0.15, 0.2) is 17.4 Å². The van der Waals surface area contributed by atoms with Crippen molar-refractivity contribution in [2.75, 3.05) is 7.05 Å². The Hall–Kier alpha value is -0.830. The summed E-state index contributed by atoms with van der Waals surface area (Å²) in [7, 11) is 1.83. The summed E-state index contributed by atoms with van der Waals surface area (Å²) < 4.78 is 0. The van der Waals surface area contributed by atoms with Gasteiger partial charge in [0, 0.05) is 24.9 Å². The van der Waals surface area contributed by atoms with Crippen LogP contribution in [0.3, 0.4) is 0 Å². The Morgan fingerprint density at radius 3 is 2.60 bits per heavy atom. The van der Waals surface area contributed by atoms with E-state index in [1.807, 2.05) is 19.5 Å². The molecule has 0 spiro atoms. The van der Waals surface area contributed by atoms with Crippen LogP contribution in [0.5, 0.6) is 0 Å². The number of hydrogen-bond acceptors (Lipinski definition) is 3. The van der Waals surface area contributed by atoms with E-state index in [1.165, 1.54) is 0 Å². The molecule has 0 atom stereocenters. The van der Waals surface area contributed by atoms with Gasteiger partial charge in [0.15, 0.2) is 0 Å². The molecule has 1 aliphatic rings. The van der Waals surface area contributed by atoms with E-state index in [0.29, 0.717) is 0 Å². The van der Waals surface area contributed by atoms with Crippen molar-refractivity contribution in [3.8, 4) is 0 Å². The van der Waals surface area contributed by atoms with Gasteiger partial charge in [-0.2, -0.15) is 5.10 Å². The van der Waals surface area contributed by atoms with E-state index < -0.39 is 0 Å². The fourth-order valence-corrected chi connectivity index (χ4v) is 0.688. The fourth-order valence-electron chi connectivity index (χ4n) is 0.688. The second-order valence-corrected chi connectivity index (χ2v) is 2.95. The zero-order chi connectivity index (χ0) is 7.61. The summed E-state index contributed by atoms with van der Waals surface area (Å²) in [5.41, 5.74) is 2.99. The highest BCUT2D eigenvalue weighted by Crippen LogP contribution is 2.17. The van der Waals surface area contributed by atoms with Gasteiger partial charge in [-0.1, -0.05) is 19.9 Å². The first-order valence-corrected chi connectivity index (χ1v) is 3.35. The molecule has 0 saturated carbocycles. The van der Waals surface area contributed by atoms with Crippen molar-refractivity contribution in [2.45, 2.75) is 13.8 Å². The van der Waals surface area contributed by atoms with Crippen LogP contribution >= 0.6 is 0 Å². The molecule has 0 saturated heterocycles. The number of nitrogens with zero attached hydrogens (tertiary/aromatic N) is 2. The fraction of sp³-hybridized carbons (Fsp3) is 0.571. The van der Waals surface area contributed by atoms with Crippen LogP contribution < -0.4 is 5.43 Å². The largest absolute Gasteiger partial charge is 0.217 e. The van der Waals surface area contributed by atoms with Crippen LogP contribution in [0.1, 0.15) is 13.8 Å². The smallest absolute Gasteiger partial charge is 0.0386 e. The molecular formula is C7H13N3. The van der Waals surface area contributed by atoms with Crippen molar-refractivity contribution in [1.82, 2.24) is 10.5 Å². The third-order valence-corrected chi connectivity index (χ3v) is 1.39. The second kappa shape index (κ2) is 2.42. The molecule has 1 aliphatic heterocycles. The molecule has 0 fully saturated rings. The molecule has 0 aliphatic carbocycles. The molecule has 10 heavy (non-hydrogen) atoms. The molecule has 0 radical (unpaired) electrons. The summed E-state index contributed by atoms with van der Waals surface area (Å²) in [5, 5.41) is 5.78. The zero-order valence-electron chi connectivity index (χ0n) is 6.63. The summed E-state index contributed by atoms with van der Waals surface area (Å²) in [6.45, 7) is 4.22. The Kier molecular flexibility index (Phi) is 1.76. The van der Waals surface area contributed by atoms with Gasteiger partial charge in [-0.15, -0.1) is 0 Å². The lowest BCUT2D eigenvalue weighted by Gasteiger charge is -2.22. The minimum Gasteiger partial charge on any atom is -0.217 e. The quantitative estimate of drug-likeness (QED) is 0.586. The standard InChI is InChI=1S/C7H13N3/c1-7(2)4-5-10(8-3)9-6-7/h4-6,8H,1-3H3. The number of allylic oxidation sites excluding steroid dienone is 1. The second-order valence-electron chi connectivity index (χ2n) is 2.95. The number of rotatable bonds is 1. The molecule has 1 N–H and O–H groups in total. The first kappa shape index (κ1) is 7.28. The normalized spacial score (nSPS) is 21.7. The first-order valence-electron chi connectivity index (χ1n) is 3.35. The molecule has 0 bridgehead atoms. The molecule has 0 amide bonds. The van der Waals surface area contributed by atoms with Crippen LogP contribution in [-0.2, 0) is 0 Å². The van der Waals surface area contributed by atoms with E-state index in [0.717, 1.165) is 0 Å². The lowest BCUT2D eigenvalue weighted by Crippen LogP contribution is -2.29. The van der Waals surface area contributed by atoms with Crippen molar-refractivity contribution in [2.24, 2.45) is 10.5 Å². The van der Waals surface area contributed by atoms with Crippen LogP contribution in [0.2, 0.25) is 0 Å². The monoisotopic (exact) mass is 139 g/mol. The Morgan fingerprint density at radius 1 is 1.50 bits per heavy atom. The van der Waals surface area contributed by atoms with E-state index in [9.17, 15) is 0 Å². The van der Waals surface area contributed by atoms with E-state index in [-0.39, 0.29) is 5.41 Å². The molecule has 3 nitrogen and oxygen atoms in total. The molecule has 3 heteroatoms. The van der Waals surface area contributed by atoms with Crippen molar-refractivity contribution < 1.29 is 0 Å². The lowest BCUT2D eigenvalue weighted by atomic mass is 9.95. The van der Waals surface area contributed by atoms with Crippen LogP contribution in [0.4, 0.5) is 0 Å². The maximum absolute atomic E-state index is 4.11. The first-order chi connectivity index (χ1) is 4.64. The highest BCUT2D eigenvalue weighted by atomic mass is 15.7. The van der Waals surface area contributed by atoms with Gasteiger partial charge in [-0.25, -0.2) is 10.5 Å². The van der Waals surface area contributed by atoms with Gasteiger partial charge in [0.1, 0.15) is 0 Å². The van der Waals surface area contributed by atoms with Crippen LogP contribution in [0.25, 0.3) is 0 Å². The summed E-state index contributed by atoms with van der Waals surface area (Å²) in [6, 6.07) is 0. The zero-order valence-corrected chi connectivity index (χ0v) is 6.63. The summed E-state index contributed by atoms with van der Waals surface area (Å²) >= 11 is 0. The van der Waals surface area contributed by atoms with Crippen molar-refractivity contribution >= 4 is 6.21 Å². The molecule has 0 aromatic heterocycles. The molecule has 1 heterocycles. The summed E-state index contributed by atoms with van der Waals surface area (Å²) in [4.78, 5) is 0. The van der Waals surface area contributed by atoms with Gasteiger partial charge in [0.25, 0.3) is 0 Å². The topological polar surface area (TPSA) is 27.6 Å². The average Bonchev–Trinajstić information content (AvgIpc) is 1.88. The molecule has 0 unspecified atom stereocenters. The minimum absolute atomic E-state index is 0.105. The maximum Gasteiger partial charge on any atom is 0.0386 e. The number of hydrazone groups is 1. The third-order valence-electron chi connectivity index (χ3n) is 1.39. The van der Waals surface area contributed by atoms with Gasteiger partial charge in [-0.3, -0.25) is 0 Å². The van der Waals surface area contributed by atoms with Gasteiger partial charge >= 0.3 is 0 Å². The predicted octanol–water partition coefficient (Wildman–Crippen LogP) is 0.962. The minimum atomic E-state index is 0.105. The highest BCUT2D eigenvalue weighted by Gasteiger charge is 2.14. The Morgan fingerprint density at radius 2 is 2.20 bits per heavy atom. The van der Waals surface area contributed by atoms with Crippen molar-refractivity contribution in [3.05, 3.63) is 12.3 Å². The summed E-state index contributed by atoms with van der Waals surface area (Å²) in [5.74, 6) is 0.